The second-order valence-electron chi connectivity index (χ2n) is 5.62. The summed E-state index contributed by atoms with van der Waals surface area (Å²) in [5, 5.41) is 3.34. The standard InChI is InChI=1S/C18H16ClFN2O2/c19-16-4-2-1-3-12(16)11-21-17(23)15-9-10-22(18(15)24)14-7-5-13(20)6-8-14/h1-8,15H,9-11H2,(H,21,23)/t15-/m0/s1. The van der Waals surface area contributed by atoms with Crippen LogP contribution in [0, 0.1) is 11.7 Å². The average molecular weight is 347 g/mol. The summed E-state index contributed by atoms with van der Waals surface area (Å²) in [6.07, 6.45) is 0.435. The zero-order valence-electron chi connectivity index (χ0n) is 12.8. The molecule has 1 atom stereocenters. The van der Waals surface area contributed by atoms with Gasteiger partial charge in [-0.3, -0.25) is 9.59 Å². The number of carbonyl (C=O) groups excluding carboxylic acids is 2. The lowest BCUT2D eigenvalue weighted by Crippen LogP contribution is -2.36. The van der Waals surface area contributed by atoms with Crippen molar-refractivity contribution in [1.29, 1.82) is 0 Å². The Hall–Kier alpha value is -2.40. The van der Waals surface area contributed by atoms with Gasteiger partial charge in [0, 0.05) is 23.8 Å². The summed E-state index contributed by atoms with van der Waals surface area (Å²) in [6, 6.07) is 12.9. The minimum absolute atomic E-state index is 0.265. The fourth-order valence-electron chi connectivity index (χ4n) is 2.75. The Morgan fingerprint density at radius 2 is 1.92 bits per heavy atom. The monoisotopic (exact) mass is 346 g/mol. The molecule has 0 aromatic heterocycles. The molecule has 2 aromatic rings. The summed E-state index contributed by atoms with van der Waals surface area (Å²) >= 11 is 6.05. The fraction of sp³-hybridized carbons (Fsp3) is 0.222. The van der Waals surface area contributed by atoms with Gasteiger partial charge in [-0.15, -0.1) is 0 Å². The van der Waals surface area contributed by atoms with Gasteiger partial charge in [0.1, 0.15) is 11.7 Å². The molecule has 0 unspecified atom stereocenters. The van der Waals surface area contributed by atoms with Crippen molar-refractivity contribution in [1.82, 2.24) is 5.32 Å². The number of benzene rings is 2. The number of nitrogens with one attached hydrogen (secondary N) is 1. The number of carbonyl (C=O) groups is 2. The van der Waals surface area contributed by atoms with E-state index in [0.717, 1.165) is 5.56 Å². The molecule has 6 heteroatoms. The van der Waals surface area contributed by atoms with E-state index >= 15 is 0 Å². The van der Waals surface area contributed by atoms with Crippen LogP contribution in [0.1, 0.15) is 12.0 Å². The molecule has 2 aromatic carbocycles. The number of anilines is 1. The molecule has 2 amide bonds. The minimum atomic E-state index is -0.724. The van der Waals surface area contributed by atoms with Gasteiger partial charge in [0.05, 0.1) is 0 Å². The molecular weight excluding hydrogens is 331 g/mol. The van der Waals surface area contributed by atoms with Crippen molar-refractivity contribution in [2.45, 2.75) is 13.0 Å². The van der Waals surface area contributed by atoms with Gasteiger partial charge in [-0.1, -0.05) is 29.8 Å². The Labute approximate surface area is 144 Å². The molecular formula is C18H16ClFN2O2. The van der Waals surface area contributed by atoms with Crippen molar-refractivity contribution in [3.63, 3.8) is 0 Å². The second kappa shape index (κ2) is 7.01. The highest BCUT2D eigenvalue weighted by Crippen LogP contribution is 2.25. The van der Waals surface area contributed by atoms with Gasteiger partial charge in [0.2, 0.25) is 11.8 Å². The smallest absolute Gasteiger partial charge is 0.239 e. The van der Waals surface area contributed by atoms with E-state index in [1.54, 1.807) is 6.07 Å². The van der Waals surface area contributed by atoms with Gasteiger partial charge >= 0.3 is 0 Å². The lowest BCUT2D eigenvalue weighted by Gasteiger charge is -2.16. The Morgan fingerprint density at radius 1 is 1.21 bits per heavy atom. The quantitative estimate of drug-likeness (QED) is 0.865. The highest BCUT2D eigenvalue weighted by atomic mass is 35.5. The van der Waals surface area contributed by atoms with Crippen molar-refractivity contribution < 1.29 is 14.0 Å². The van der Waals surface area contributed by atoms with Crippen molar-refractivity contribution in [2.24, 2.45) is 5.92 Å². The number of hydrogen-bond acceptors (Lipinski definition) is 2. The number of amides is 2. The summed E-state index contributed by atoms with van der Waals surface area (Å²) in [5.41, 5.74) is 1.40. The summed E-state index contributed by atoms with van der Waals surface area (Å²) in [4.78, 5) is 26.3. The lowest BCUT2D eigenvalue weighted by molar-refractivity contribution is -0.132. The number of rotatable bonds is 4. The third kappa shape index (κ3) is 3.41. The van der Waals surface area contributed by atoms with Crippen molar-refractivity contribution in [2.75, 3.05) is 11.4 Å². The summed E-state index contributed by atoms with van der Waals surface area (Å²) in [6.45, 7) is 0.716. The summed E-state index contributed by atoms with van der Waals surface area (Å²) < 4.78 is 13.0. The van der Waals surface area contributed by atoms with E-state index in [1.807, 2.05) is 18.2 Å². The Bertz CT molecular complexity index is 764. The topological polar surface area (TPSA) is 49.4 Å². The van der Waals surface area contributed by atoms with Gasteiger partial charge in [0.15, 0.2) is 0 Å². The first kappa shape index (κ1) is 16.5. The maximum absolute atomic E-state index is 13.0. The normalized spacial score (nSPS) is 17.2. The van der Waals surface area contributed by atoms with Crippen LogP contribution in [-0.4, -0.2) is 18.4 Å². The van der Waals surface area contributed by atoms with E-state index < -0.39 is 5.92 Å². The fourth-order valence-corrected chi connectivity index (χ4v) is 2.95. The van der Waals surface area contributed by atoms with Crippen molar-refractivity contribution in [3.8, 4) is 0 Å². The molecule has 0 saturated carbocycles. The maximum atomic E-state index is 13.0. The molecule has 4 nitrogen and oxygen atoms in total. The molecule has 0 aliphatic carbocycles. The predicted molar refractivity (Wildman–Crippen MR) is 90.2 cm³/mol. The lowest BCUT2D eigenvalue weighted by atomic mass is 10.1. The largest absolute Gasteiger partial charge is 0.351 e. The Kier molecular flexibility index (Phi) is 4.81. The first-order valence-corrected chi connectivity index (χ1v) is 8.02. The zero-order chi connectivity index (χ0) is 17.1. The molecule has 1 saturated heterocycles. The van der Waals surface area contributed by atoms with Gasteiger partial charge in [0.25, 0.3) is 0 Å². The Morgan fingerprint density at radius 3 is 2.62 bits per heavy atom. The van der Waals surface area contributed by atoms with Crippen LogP contribution in [-0.2, 0) is 16.1 Å². The van der Waals surface area contributed by atoms with Crippen LogP contribution in [0.5, 0.6) is 0 Å². The highest BCUT2D eigenvalue weighted by molar-refractivity contribution is 6.31. The number of nitrogens with zero attached hydrogens (tertiary/aromatic N) is 1. The first-order valence-electron chi connectivity index (χ1n) is 7.64. The van der Waals surface area contributed by atoms with E-state index in [-0.39, 0.29) is 24.2 Å². The van der Waals surface area contributed by atoms with Crippen LogP contribution < -0.4 is 10.2 Å². The van der Waals surface area contributed by atoms with Gasteiger partial charge in [-0.05, 0) is 42.3 Å². The molecule has 0 spiro atoms. The second-order valence-corrected chi connectivity index (χ2v) is 6.02. The van der Waals surface area contributed by atoms with Gasteiger partial charge in [-0.2, -0.15) is 0 Å². The van der Waals surface area contributed by atoms with Crippen LogP contribution in [0.2, 0.25) is 5.02 Å². The van der Waals surface area contributed by atoms with Gasteiger partial charge in [-0.25, -0.2) is 4.39 Å². The van der Waals surface area contributed by atoms with Crippen LogP contribution >= 0.6 is 11.6 Å². The molecule has 3 rings (SSSR count). The number of halogens is 2. The molecule has 1 heterocycles. The molecule has 1 N–H and O–H groups in total. The summed E-state index contributed by atoms with van der Waals surface area (Å²) in [7, 11) is 0. The third-order valence-corrected chi connectivity index (χ3v) is 4.44. The molecule has 24 heavy (non-hydrogen) atoms. The van der Waals surface area contributed by atoms with Crippen LogP contribution in [0.25, 0.3) is 0 Å². The van der Waals surface area contributed by atoms with Crippen molar-refractivity contribution >= 4 is 29.1 Å². The van der Waals surface area contributed by atoms with Crippen LogP contribution in [0.3, 0.4) is 0 Å². The van der Waals surface area contributed by atoms with Crippen molar-refractivity contribution in [3.05, 3.63) is 64.9 Å². The molecule has 1 aliphatic rings. The molecule has 124 valence electrons. The highest BCUT2D eigenvalue weighted by Gasteiger charge is 2.37. The van der Waals surface area contributed by atoms with E-state index in [9.17, 15) is 14.0 Å². The SMILES string of the molecule is O=C(NCc1ccccc1Cl)[C@@H]1CCN(c2ccc(F)cc2)C1=O. The molecule has 0 radical (unpaired) electrons. The van der Waals surface area contributed by atoms with Crippen LogP contribution in [0.15, 0.2) is 48.5 Å². The van der Waals surface area contributed by atoms with E-state index in [2.05, 4.69) is 5.32 Å². The average Bonchev–Trinajstić information content (AvgIpc) is 2.96. The molecule has 1 aliphatic heterocycles. The molecule has 1 fully saturated rings. The summed E-state index contributed by atoms with van der Waals surface area (Å²) in [5.74, 6) is -1.67. The van der Waals surface area contributed by atoms with E-state index in [4.69, 9.17) is 11.6 Å². The van der Waals surface area contributed by atoms with Crippen LogP contribution in [0.4, 0.5) is 10.1 Å². The Balaban J connectivity index is 1.63. The molecule has 0 bridgehead atoms. The van der Waals surface area contributed by atoms with E-state index in [1.165, 1.54) is 29.2 Å². The van der Waals surface area contributed by atoms with Gasteiger partial charge < -0.3 is 10.2 Å². The van der Waals surface area contributed by atoms with E-state index in [0.29, 0.717) is 23.7 Å². The zero-order valence-corrected chi connectivity index (χ0v) is 13.6. The minimum Gasteiger partial charge on any atom is -0.351 e. The third-order valence-electron chi connectivity index (χ3n) is 4.07. The number of hydrogen-bond donors (Lipinski definition) is 1. The maximum Gasteiger partial charge on any atom is 0.239 e. The predicted octanol–water partition coefficient (Wildman–Crippen LogP) is 3.15. The first-order chi connectivity index (χ1) is 11.6.